The Labute approximate surface area is 581 Å². The van der Waals surface area contributed by atoms with Crippen molar-refractivity contribution in [3.63, 3.8) is 0 Å². The summed E-state index contributed by atoms with van der Waals surface area (Å²) in [6.07, 6.45) is 26.3. The minimum absolute atomic E-state index is 0.215. The van der Waals surface area contributed by atoms with Crippen LogP contribution in [0.2, 0.25) is 0 Å². The molecule has 3 aliphatic rings. The highest BCUT2D eigenvalue weighted by Crippen LogP contribution is 2.39. The van der Waals surface area contributed by atoms with E-state index in [-0.39, 0.29) is 18.9 Å². The minimum Gasteiger partial charge on any atom is -0.477 e. The number of aliphatic hydroxyl groups excluding tert-OH is 11. The predicted molar refractivity (Wildman–Crippen MR) is 371 cm³/mol. The van der Waals surface area contributed by atoms with Crippen molar-refractivity contribution < 1.29 is 104 Å². The second-order valence-corrected chi connectivity index (χ2v) is 28.2. The first-order valence-electron chi connectivity index (χ1n) is 38.5. The van der Waals surface area contributed by atoms with E-state index in [0.29, 0.717) is 19.3 Å². The summed E-state index contributed by atoms with van der Waals surface area (Å²) in [5.41, 5.74) is 0. The van der Waals surface area contributed by atoms with Crippen molar-refractivity contribution in [1.82, 2.24) is 10.6 Å². The highest BCUT2D eigenvalue weighted by molar-refractivity contribution is 5.77. The van der Waals surface area contributed by atoms with E-state index >= 15 is 0 Å². The first-order valence-corrected chi connectivity index (χ1v) is 38.5. The van der Waals surface area contributed by atoms with Gasteiger partial charge in [0.1, 0.15) is 67.1 Å². The van der Waals surface area contributed by atoms with Crippen molar-refractivity contribution in [2.75, 3.05) is 26.4 Å². The molecule has 18 unspecified atom stereocenters. The SMILES string of the molecule is CCCCCCCCCCC/C=C\CCCCCCCC(=O)NC(COC1OC(CO)C(OC2OC(CO)C(O)C(OC3(C(=O)O)CC(O)C(NC(C)=O)C(C(O)C(O)CO)O3)C2O)C(O)C1O)C(O)CCCCCCCCCCCCCCCCCCCCCCCCCCC. The molecule has 3 aliphatic heterocycles. The van der Waals surface area contributed by atoms with Crippen molar-refractivity contribution in [2.45, 2.75) is 413 Å². The molecule has 0 spiro atoms. The third-order valence-electron chi connectivity index (χ3n) is 19.7. The average Bonchev–Trinajstić information content (AvgIpc) is 0.758. The Morgan fingerprint density at radius 3 is 1.39 bits per heavy atom. The van der Waals surface area contributed by atoms with Gasteiger partial charge in [0.05, 0.1) is 50.7 Å². The molecule has 3 fully saturated rings. The fourth-order valence-corrected chi connectivity index (χ4v) is 13.6. The number of hydrogen-bond donors (Lipinski definition) is 14. The Morgan fingerprint density at radius 2 is 0.959 bits per heavy atom. The lowest BCUT2D eigenvalue weighted by Crippen LogP contribution is -2.70. The molecule has 0 aromatic rings. The van der Waals surface area contributed by atoms with E-state index in [1.165, 1.54) is 186 Å². The highest BCUT2D eigenvalue weighted by Gasteiger charge is 2.60. The van der Waals surface area contributed by atoms with Crippen LogP contribution < -0.4 is 10.6 Å². The smallest absolute Gasteiger partial charge is 0.364 e. The van der Waals surface area contributed by atoms with Crippen LogP contribution in [0.15, 0.2) is 12.2 Å². The van der Waals surface area contributed by atoms with Gasteiger partial charge < -0.3 is 100 Å². The topological polar surface area (TPSA) is 373 Å². The molecule has 0 aromatic carbocycles. The number of ether oxygens (including phenoxy) is 6. The lowest BCUT2D eigenvalue weighted by molar-refractivity contribution is -0.386. The summed E-state index contributed by atoms with van der Waals surface area (Å²) in [5, 5.41) is 136. The fourth-order valence-electron chi connectivity index (χ4n) is 13.6. The van der Waals surface area contributed by atoms with E-state index in [4.69, 9.17) is 28.4 Å². The lowest BCUT2D eigenvalue weighted by Gasteiger charge is -2.50. The van der Waals surface area contributed by atoms with Crippen molar-refractivity contribution >= 4 is 17.8 Å². The first-order chi connectivity index (χ1) is 46.9. The summed E-state index contributed by atoms with van der Waals surface area (Å²) in [5.74, 6) is -6.10. The van der Waals surface area contributed by atoms with Gasteiger partial charge in [0.15, 0.2) is 12.6 Å². The van der Waals surface area contributed by atoms with Crippen molar-refractivity contribution in [1.29, 1.82) is 0 Å². The number of carboxylic acid groups (broad SMARTS) is 1. The maximum absolute atomic E-state index is 13.5. The largest absolute Gasteiger partial charge is 0.477 e. The van der Waals surface area contributed by atoms with Gasteiger partial charge in [-0.1, -0.05) is 257 Å². The third kappa shape index (κ3) is 35.5. The monoisotopic (exact) mass is 1390 g/mol. The predicted octanol–water partition coefficient (Wildman–Crippen LogP) is 9.02. The van der Waals surface area contributed by atoms with Gasteiger partial charge in [0.2, 0.25) is 11.8 Å². The molecule has 97 heavy (non-hydrogen) atoms. The fraction of sp³-hybridized carbons (Fsp3) is 0.932. The Kier molecular flexibility index (Phi) is 49.5. The molecule has 23 nitrogen and oxygen atoms in total. The number of carboxylic acids is 1. The molecule has 570 valence electrons. The Hall–Kier alpha value is -2.53. The molecular weight excluding hydrogens is 1250 g/mol. The van der Waals surface area contributed by atoms with Crippen molar-refractivity contribution in [3.05, 3.63) is 12.2 Å². The number of carbonyl (C=O) groups is 3. The molecular formula is C74H138N2O21. The number of unbranched alkanes of at least 4 members (excludes halogenated alkanes) is 38. The Morgan fingerprint density at radius 1 is 0.526 bits per heavy atom. The Balaban J connectivity index is 1.54. The number of nitrogens with one attached hydrogen (secondary N) is 2. The molecule has 14 N–H and O–H groups in total. The normalized spacial score (nSPS) is 27.4. The van der Waals surface area contributed by atoms with E-state index < -0.39 is 148 Å². The first kappa shape index (κ1) is 88.7. The number of rotatable bonds is 60. The van der Waals surface area contributed by atoms with Crippen LogP contribution in [0.3, 0.4) is 0 Å². The van der Waals surface area contributed by atoms with Gasteiger partial charge in [-0.15, -0.1) is 0 Å². The third-order valence-corrected chi connectivity index (χ3v) is 19.7. The van der Waals surface area contributed by atoms with Crippen LogP contribution in [-0.4, -0.2) is 215 Å². The zero-order valence-electron chi connectivity index (χ0n) is 60.0. The van der Waals surface area contributed by atoms with E-state index in [1.807, 2.05) is 0 Å². The maximum Gasteiger partial charge on any atom is 0.364 e. The minimum atomic E-state index is -3.08. The van der Waals surface area contributed by atoms with E-state index in [0.717, 1.165) is 71.1 Å². The quantitative estimate of drug-likeness (QED) is 0.0199. The second-order valence-electron chi connectivity index (χ2n) is 28.2. The van der Waals surface area contributed by atoms with Crippen LogP contribution in [0.5, 0.6) is 0 Å². The van der Waals surface area contributed by atoms with E-state index in [1.54, 1.807) is 0 Å². The molecule has 3 saturated heterocycles. The van der Waals surface area contributed by atoms with E-state index in [2.05, 4.69) is 36.6 Å². The van der Waals surface area contributed by atoms with Crippen LogP contribution in [0.25, 0.3) is 0 Å². The molecule has 3 rings (SSSR count). The number of amides is 2. The molecule has 0 aliphatic carbocycles. The van der Waals surface area contributed by atoms with Crippen LogP contribution in [0.1, 0.15) is 303 Å². The number of carbonyl (C=O) groups excluding carboxylic acids is 2. The Bertz CT molecular complexity index is 2000. The zero-order valence-corrected chi connectivity index (χ0v) is 60.0. The molecule has 0 saturated carbocycles. The molecule has 23 heteroatoms. The van der Waals surface area contributed by atoms with Crippen LogP contribution in [0, 0.1) is 0 Å². The highest BCUT2D eigenvalue weighted by atomic mass is 16.8. The van der Waals surface area contributed by atoms with Crippen LogP contribution >= 0.6 is 0 Å². The number of aliphatic carboxylic acids is 1. The van der Waals surface area contributed by atoms with Crippen LogP contribution in [-0.2, 0) is 42.8 Å². The van der Waals surface area contributed by atoms with Gasteiger partial charge in [0, 0.05) is 19.8 Å². The van der Waals surface area contributed by atoms with Gasteiger partial charge in [-0.3, -0.25) is 9.59 Å². The maximum atomic E-state index is 13.5. The molecule has 0 aromatic heterocycles. The number of hydrogen-bond acceptors (Lipinski definition) is 20. The van der Waals surface area contributed by atoms with Crippen molar-refractivity contribution in [2.24, 2.45) is 0 Å². The summed E-state index contributed by atoms with van der Waals surface area (Å²) < 4.78 is 34.9. The van der Waals surface area contributed by atoms with E-state index in [9.17, 15) is 75.7 Å². The van der Waals surface area contributed by atoms with Gasteiger partial charge >= 0.3 is 5.97 Å². The molecule has 0 radical (unpaired) electrons. The summed E-state index contributed by atoms with van der Waals surface area (Å²) in [4.78, 5) is 38.6. The second kappa shape index (κ2) is 54.2. The number of aliphatic hydroxyl groups is 11. The van der Waals surface area contributed by atoms with Gasteiger partial charge in [0.25, 0.3) is 5.79 Å². The summed E-state index contributed by atoms with van der Waals surface area (Å²) >= 11 is 0. The number of allylic oxidation sites excluding steroid dienone is 2. The summed E-state index contributed by atoms with van der Waals surface area (Å²) in [6, 6.07) is -2.53. The molecule has 2 amide bonds. The standard InChI is InChI=1S/C74H138N2O21/c1-4-6-8-10-12-14-16-18-20-22-24-25-26-27-28-29-30-31-33-35-37-39-41-43-45-47-56(81)55(76-61(84)48-46-44-42-40-38-36-34-32-23-21-19-17-15-13-11-9-7-5-2)53-92-71-66(88)65(87)68(60(52-79)94-71)95-72-67(89)70(64(86)59(51-78)93-72)97-74(73(90)91)49-57(82)62(75-54(3)80)69(96-74)63(85)58(83)50-77/h32,34,55-60,62-72,77-79,81-83,85-89H,4-31,33,35-53H2,1-3H3,(H,75,80)(H,76,84)(H,90,91)/b34-32-. The van der Waals surface area contributed by atoms with Crippen molar-refractivity contribution in [3.8, 4) is 0 Å². The summed E-state index contributed by atoms with van der Waals surface area (Å²) in [6.45, 7) is 2.24. The zero-order chi connectivity index (χ0) is 71.1. The van der Waals surface area contributed by atoms with Crippen LogP contribution in [0.4, 0.5) is 0 Å². The van der Waals surface area contributed by atoms with Gasteiger partial charge in [-0.2, -0.15) is 0 Å². The molecule has 0 bridgehead atoms. The lowest BCUT2D eigenvalue weighted by atomic mass is 9.88. The summed E-state index contributed by atoms with van der Waals surface area (Å²) in [7, 11) is 0. The molecule has 18 atom stereocenters. The molecule has 3 heterocycles. The average molecular weight is 1390 g/mol. The van der Waals surface area contributed by atoms with Gasteiger partial charge in [-0.25, -0.2) is 4.79 Å². The van der Waals surface area contributed by atoms with Gasteiger partial charge in [-0.05, 0) is 38.5 Å².